The summed E-state index contributed by atoms with van der Waals surface area (Å²) in [6, 6.07) is 5.35. The van der Waals surface area contributed by atoms with Crippen LogP contribution in [0.4, 0.5) is 17.1 Å². The van der Waals surface area contributed by atoms with Crippen molar-refractivity contribution in [3.63, 3.8) is 0 Å². The lowest BCUT2D eigenvalue weighted by Crippen LogP contribution is -2.52. The van der Waals surface area contributed by atoms with E-state index in [1.54, 1.807) is 29.2 Å². The van der Waals surface area contributed by atoms with Gasteiger partial charge < -0.3 is 25.7 Å². The van der Waals surface area contributed by atoms with Gasteiger partial charge in [0.1, 0.15) is 17.4 Å². The second kappa shape index (κ2) is 12.6. The average Bonchev–Trinajstić information content (AvgIpc) is 2.92. The van der Waals surface area contributed by atoms with E-state index in [2.05, 4.69) is 20.5 Å². The predicted octanol–water partition coefficient (Wildman–Crippen LogP) is 1.85. The van der Waals surface area contributed by atoms with Crippen LogP contribution in [0, 0.1) is 0 Å². The van der Waals surface area contributed by atoms with Crippen molar-refractivity contribution in [3.05, 3.63) is 78.3 Å². The van der Waals surface area contributed by atoms with Crippen molar-refractivity contribution in [2.45, 2.75) is 18.9 Å². The molecule has 0 aliphatic carbocycles. The van der Waals surface area contributed by atoms with Crippen LogP contribution in [0.25, 0.3) is 0 Å². The zero-order valence-electron chi connectivity index (χ0n) is 20.8. The van der Waals surface area contributed by atoms with Gasteiger partial charge in [-0.1, -0.05) is 35.3 Å². The van der Waals surface area contributed by atoms with E-state index in [4.69, 9.17) is 28.3 Å². The number of aliphatic hydroxyl groups is 1. The molecule has 1 fully saturated rings. The summed E-state index contributed by atoms with van der Waals surface area (Å²) in [5.41, 5.74) is 0.0418. The number of carbonyl (C=O) groups is 2. The summed E-state index contributed by atoms with van der Waals surface area (Å²) in [4.78, 5) is 57.1. The molecule has 0 radical (unpaired) electrons. The summed E-state index contributed by atoms with van der Waals surface area (Å²) in [7, 11) is 0. The number of carbonyl (C=O) groups excluding carboxylic acids is 1. The third-order valence-corrected chi connectivity index (χ3v) is 7.13. The summed E-state index contributed by atoms with van der Waals surface area (Å²) in [5.74, 6) is -1.70. The zero-order chi connectivity index (χ0) is 28.1. The first-order valence-corrected chi connectivity index (χ1v) is 13.0. The van der Waals surface area contributed by atoms with Crippen LogP contribution in [0.1, 0.15) is 22.3 Å². The minimum atomic E-state index is -1.18. The fourth-order valence-corrected chi connectivity index (χ4v) is 5.00. The molecule has 1 aliphatic rings. The first-order chi connectivity index (χ1) is 18.7. The van der Waals surface area contributed by atoms with Crippen molar-refractivity contribution in [2.24, 2.45) is 0 Å². The molecule has 1 aliphatic heterocycles. The number of benzene rings is 1. The molecule has 2 heterocycles. The Labute approximate surface area is 233 Å². The maximum atomic E-state index is 12.6. The number of piperazine rings is 1. The quantitative estimate of drug-likeness (QED) is 0.249. The van der Waals surface area contributed by atoms with Crippen LogP contribution in [-0.2, 0) is 11.2 Å². The fraction of sp³-hybridized carbons (Fsp3) is 0.346. The third-order valence-electron chi connectivity index (χ3n) is 6.55. The van der Waals surface area contributed by atoms with Crippen molar-refractivity contribution in [1.82, 2.24) is 9.88 Å². The molecule has 0 bridgehead atoms. The standard InChI is InChI=1S/C26H27Cl2N5O6/c27-17-13-29-14-18(28)20(17)25(37)30-16-4-2-15(3-5-16)12-19(26(38)39)31-21-22(24(36)23(21)35)33-9-7-32(8-10-33)6-1-11-34/h2-5,13-14,19,31,34H,1,6-12H2,(H,30,37)(H,38,39)/t19-/m0/s1. The Hall–Kier alpha value is -3.51. The number of pyridine rings is 1. The minimum absolute atomic E-state index is 0.0196. The highest BCUT2D eigenvalue weighted by Gasteiger charge is 2.31. The summed E-state index contributed by atoms with van der Waals surface area (Å²) in [6.45, 7) is 3.23. The molecule has 1 atom stereocenters. The van der Waals surface area contributed by atoms with E-state index >= 15 is 0 Å². The molecule has 13 heteroatoms. The number of carboxylic acid groups (broad SMARTS) is 1. The second-order valence-corrected chi connectivity index (χ2v) is 9.97. The van der Waals surface area contributed by atoms with Crippen LogP contribution < -0.4 is 26.4 Å². The molecule has 4 rings (SSSR count). The van der Waals surface area contributed by atoms with Crippen molar-refractivity contribution in [3.8, 4) is 0 Å². The lowest BCUT2D eigenvalue weighted by Gasteiger charge is -2.37. The van der Waals surface area contributed by atoms with Gasteiger partial charge in [0.15, 0.2) is 0 Å². The van der Waals surface area contributed by atoms with Gasteiger partial charge in [0.05, 0.1) is 15.6 Å². The molecule has 0 unspecified atom stereocenters. The van der Waals surface area contributed by atoms with Crippen LogP contribution in [0.3, 0.4) is 0 Å². The third kappa shape index (κ3) is 6.56. The van der Waals surface area contributed by atoms with Gasteiger partial charge in [-0.25, -0.2) is 4.79 Å². The SMILES string of the molecule is O=C(Nc1ccc(C[C@H](Nc2c(N3CCN(CCCO)CC3)c(=O)c2=O)C(=O)O)cc1)c1c(Cl)cncc1Cl. The first-order valence-electron chi connectivity index (χ1n) is 12.3. The lowest BCUT2D eigenvalue weighted by atomic mass is 10.0. The average molecular weight is 576 g/mol. The maximum absolute atomic E-state index is 12.6. The summed E-state index contributed by atoms with van der Waals surface area (Å²) < 4.78 is 0. The number of aliphatic hydroxyl groups excluding tert-OH is 1. The minimum Gasteiger partial charge on any atom is -0.480 e. The Balaban J connectivity index is 1.41. The van der Waals surface area contributed by atoms with Gasteiger partial charge in [0.2, 0.25) is 0 Å². The lowest BCUT2D eigenvalue weighted by molar-refractivity contribution is -0.137. The monoisotopic (exact) mass is 575 g/mol. The highest BCUT2D eigenvalue weighted by molar-refractivity contribution is 6.40. The molecule has 3 aromatic rings. The predicted molar refractivity (Wildman–Crippen MR) is 149 cm³/mol. The Morgan fingerprint density at radius 2 is 1.64 bits per heavy atom. The zero-order valence-corrected chi connectivity index (χ0v) is 22.3. The van der Waals surface area contributed by atoms with Crippen molar-refractivity contribution in [1.29, 1.82) is 0 Å². The number of amides is 1. The molecule has 0 saturated carbocycles. The van der Waals surface area contributed by atoms with E-state index in [-0.39, 0.29) is 40.0 Å². The molecule has 1 saturated heterocycles. The van der Waals surface area contributed by atoms with Crippen LogP contribution in [0.2, 0.25) is 10.0 Å². The van der Waals surface area contributed by atoms with Crippen molar-refractivity contribution < 1.29 is 19.8 Å². The van der Waals surface area contributed by atoms with Gasteiger partial charge in [-0.2, -0.15) is 0 Å². The Morgan fingerprint density at radius 3 is 2.23 bits per heavy atom. The molecule has 11 nitrogen and oxygen atoms in total. The normalized spacial score (nSPS) is 14.8. The van der Waals surface area contributed by atoms with Gasteiger partial charge in [0, 0.05) is 63.8 Å². The number of rotatable bonds is 11. The number of nitrogens with one attached hydrogen (secondary N) is 2. The number of nitrogens with zero attached hydrogens (tertiary/aromatic N) is 3. The molecule has 39 heavy (non-hydrogen) atoms. The van der Waals surface area contributed by atoms with E-state index in [0.717, 1.165) is 6.54 Å². The number of halogens is 2. The van der Waals surface area contributed by atoms with Crippen molar-refractivity contribution >= 4 is 52.1 Å². The van der Waals surface area contributed by atoms with Gasteiger partial charge in [0.25, 0.3) is 16.8 Å². The van der Waals surface area contributed by atoms with E-state index in [1.165, 1.54) is 12.4 Å². The van der Waals surface area contributed by atoms with Crippen LogP contribution in [-0.4, -0.2) is 77.3 Å². The van der Waals surface area contributed by atoms with E-state index in [1.807, 2.05) is 0 Å². The molecule has 2 aromatic carbocycles. The highest BCUT2D eigenvalue weighted by atomic mass is 35.5. The number of aromatic nitrogens is 1. The number of hydrogen-bond acceptors (Lipinski definition) is 9. The van der Waals surface area contributed by atoms with Crippen LogP contribution >= 0.6 is 23.2 Å². The number of carboxylic acids is 1. The summed E-state index contributed by atoms with van der Waals surface area (Å²) in [5, 5.41) is 24.5. The van der Waals surface area contributed by atoms with Gasteiger partial charge >= 0.3 is 5.97 Å². The molecule has 1 aromatic heterocycles. The largest absolute Gasteiger partial charge is 0.480 e. The molecule has 1 amide bonds. The maximum Gasteiger partial charge on any atom is 0.326 e. The van der Waals surface area contributed by atoms with E-state index < -0.39 is 28.8 Å². The molecule has 0 spiro atoms. The van der Waals surface area contributed by atoms with Gasteiger partial charge in [-0.3, -0.25) is 24.3 Å². The molecule has 206 valence electrons. The number of hydrogen-bond donors (Lipinski definition) is 4. The molecular weight excluding hydrogens is 549 g/mol. The summed E-state index contributed by atoms with van der Waals surface area (Å²) >= 11 is 12.1. The van der Waals surface area contributed by atoms with E-state index in [0.29, 0.717) is 43.9 Å². The van der Waals surface area contributed by atoms with Gasteiger partial charge in [-0.05, 0) is 24.1 Å². The smallest absolute Gasteiger partial charge is 0.326 e. The number of anilines is 3. The topological polar surface area (TPSA) is 152 Å². The first kappa shape index (κ1) is 28.5. The number of aliphatic carboxylic acids is 1. The fourth-order valence-electron chi connectivity index (χ4n) is 4.46. The summed E-state index contributed by atoms with van der Waals surface area (Å²) in [6.07, 6.45) is 3.31. The van der Waals surface area contributed by atoms with Gasteiger partial charge in [-0.15, -0.1) is 0 Å². The molecular formula is C26H27Cl2N5O6. The van der Waals surface area contributed by atoms with E-state index in [9.17, 15) is 24.3 Å². The Morgan fingerprint density at radius 1 is 1.00 bits per heavy atom. The molecule has 4 N–H and O–H groups in total. The van der Waals surface area contributed by atoms with Crippen LogP contribution in [0.15, 0.2) is 46.2 Å². The highest BCUT2D eigenvalue weighted by Crippen LogP contribution is 2.25. The van der Waals surface area contributed by atoms with Crippen LogP contribution in [0.5, 0.6) is 0 Å². The van der Waals surface area contributed by atoms with Crippen molar-refractivity contribution in [2.75, 3.05) is 54.9 Å². The Bertz CT molecular complexity index is 1400. The second-order valence-electron chi connectivity index (χ2n) is 9.16. The Kier molecular flexibility index (Phi) is 9.18.